The lowest BCUT2D eigenvalue weighted by molar-refractivity contribution is -0.123. The van der Waals surface area contributed by atoms with E-state index in [1.165, 1.54) is 16.7 Å². The van der Waals surface area contributed by atoms with Gasteiger partial charge in [0.05, 0.1) is 0 Å². The smallest absolute Gasteiger partial charge is 0.322 e. The molecule has 2 aliphatic rings. The molecule has 5 rings (SSSR count). The average Bonchev–Trinajstić information content (AvgIpc) is 3.40. The Morgan fingerprint density at radius 3 is 2.77 bits per heavy atom. The maximum Gasteiger partial charge on any atom is 0.322 e. The Morgan fingerprint density at radius 2 is 2.00 bits per heavy atom. The molecule has 3 amide bonds. The van der Waals surface area contributed by atoms with Crippen molar-refractivity contribution in [2.75, 3.05) is 0 Å². The number of carbonyl (C=O) groups excluding carboxylic acids is 2. The minimum Gasteiger partial charge on any atom is -0.339 e. The van der Waals surface area contributed by atoms with E-state index < -0.39 is 11.6 Å². The van der Waals surface area contributed by atoms with Gasteiger partial charge < -0.3 is 9.84 Å². The summed E-state index contributed by atoms with van der Waals surface area (Å²) in [6.07, 6.45) is 1.77. The van der Waals surface area contributed by atoms with Crippen LogP contribution in [0.4, 0.5) is 4.79 Å². The summed E-state index contributed by atoms with van der Waals surface area (Å²) < 4.78 is 5.58. The fourth-order valence-corrected chi connectivity index (χ4v) is 4.98. The Bertz CT molecular complexity index is 1200. The summed E-state index contributed by atoms with van der Waals surface area (Å²) in [4.78, 5) is 28.5. The van der Waals surface area contributed by atoms with Gasteiger partial charge in [-0.05, 0) is 60.4 Å². The molecule has 7 nitrogen and oxygen atoms in total. The number of hydrogen-bond acceptors (Lipinski definition) is 5. The van der Waals surface area contributed by atoms with E-state index in [1.807, 2.05) is 18.2 Å². The minimum atomic E-state index is -1.12. The van der Waals surface area contributed by atoms with Crippen molar-refractivity contribution in [2.24, 2.45) is 0 Å². The van der Waals surface area contributed by atoms with E-state index in [1.54, 1.807) is 13.0 Å². The third-order valence-corrected chi connectivity index (χ3v) is 6.56. The van der Waals surface area contributed by atoms with Crippen molar-refractivity contribution in [1.82, 2.24) is 20.8 Å². The molecule has 2 aromatic carbocycles. The van der Waals surface area contributed by atoms with Crippen molar-refractivity contribution < 1.29 is 14.1 Å². The molecule has 1 aliphatic heterocycles. The van der Waals surface area contributed by atoms with Crippen LogP contribution in [-0.2, 0) is 16.8 Å². The monoisotopic (exact) mass is 416 g/mol. The van der Waals surface area contributed by atoms with Crippen molar-refractivity contribution in [3.63, 3.8) is 0 Å². The number of aromatic nitrogens is 2. The zero-order chi connectivity index (χ0) is 21.8. The molecule has 0 bridgehead atoms. The minimum absolute atomic E-state index is 0.362. The summed E-state index contributed by atoms with van der Waals surface area (Å²) >= 11 is 0. The summed E-state index contributed by atoms with van der Waals surface area (Å²) in [5, 5.41) is 9.14. The largest absolute Gasteiger partial charge is 0.339 e. The summed E-state index contributed by atoms with van der Waals surface area (Å²) in [7, 11) is 0. The molecule has 0 spiro atoms. The van der Waals surface area contributed by atoms with E-state index in [2.05, 4.69) is 52.8 Å². The summed E-state index contributed by atoms with van der Waals surface area (Å²) in [5.41, 5.74) is 4.44. The lowest BCUT2D eigenvalue weighted by Gasteiger charge is -2.21. The van der Waals surface area contributed by atoms with E-state index in [4.69, 9.17) is 4.52 Å². The van der Waals surface area contributed by atoms with E-state index in [-0.39, 0.29) is 5.91 Å². The highest BCUT2D eigenvalue weighted by Gasteiger charge is 2.43. The molecule has 1 fully saturated rings. The second-order valence-electron chi connectivity index (χ2n) is 8.74. The Kier molecular flexibility index (Phi) is 4.43. The van der Waals surface area contributed by atoms with E-state index in [0.29, 0.717) is 35.5 Å². The van der Waals surface area contributed by atoms with E-state index in [9.17, 15) is 9.59 Å². The molecule has 7 heteroatoms. The van der Waals surface area contributed by atoms with Gasteiger partial charge >= 0.3 is 6.03 Å². The fourth-order valence-electron chi connectivity index (χ4n) is 4.98. The van der Waals surface area contributed by atoms with Crippen LogP contribution in [0.2, 0.25) is 0 Å². The van der Waals surface area contributed by atoms with Gasteiger partial charge in [-0.2, -0.15) is 4.98 Å². The third kappa shape index (κ3) is 3.21. The number of rotatable bonds is 4. The first-order chi connectivity index (χ1) is 14.8. The molecule has 1 saturated heterocycles. The first kappa shape index (κ1) is 19.5. The zero-order valence-corrected chi connectivity index (χ0v) is 17.7. The summed E-state index contributed by atoms with van der Waals surface area (Å²) in [5.74, 6) is 1.58. The van der Waals surface area contributed by atoms with Crippen LogP contribution >= 0.6 is 0 Å². The van der Waals surface area contributed by atoms with Crippen LogP contribution in [0, 0.1) is 6.92 Å². The number of nitrogens with one attached hydrogen (secondary N) is 2. The number of benzene rings is 2. The molecule has 0 saturated carbocycles. The quantitative estimate of drug-likeness (QED) is 0.628. The van der Waals surface area contributed by atoms with Crippen LogP contribution < -0.4 is 10.6 Å². The molecule has 2 heterocycles. The van der Waals surface area contributed by atoms with E-state index in [0.717, 1.165) is 12.0 Å². The predicted octanol–water partition coefficient (Wildman–Crippen LogP) is 3.93. The first-order valence-corrected chi connectivity index (χ1v) is 10.5. The lowest BCUT2D eigenvalue weighted by Crippen LogP contribution is -2.40. The topological polar surface area (TPSA) is 97.1 Å². The Labute approximate surface area is 180 Å². The normalized spacial score (nSPS) is 24.7. The van der Waals surface area contributed by atoms with Crippen molar-refractivity contribution in [3.05, 3.63) is 70.6 Å². The van der Waals surface area contributed by atoms with Gasteiger partial charge in [0.25, 0.3) is 5.91 Å². The van der Waals surface area contributed by atoms with Crippen LogP contribution in [0.15, 0.2) is 47.0 Å². The van der Waals surface area contributed by atoms with Crippen LogP contribution in [0.5, 0.6) is 0 Å². The fraction of sp³-hybridized carbons (Fsp3) is 0.333. The Hall–Kier alpha value is -3.48. The number of aryl methyl sites for hydroxylation is 1. The standard InChI is InChI=1S/C24H24N4O3/c1-13-6-4-9-18-16(10-14(2)20(13)18)12-19-25-21(28-31-19)15-7-5-8-17(11-15)24(3)22(29)26-23(30)27-24/h4-9,11,14,16H,10,12H2,1-3H3,(H2,26,27,29,30). The molecule has 2 N–H and O–H groups in total. The third-order valence-electron chi connectivity index (χ3n) is 6.56. The number of carbonyl (C=O) groups is 2. The first-order valence-electron chi connectivity index (χ1n) is 10.5. The molecule has 3 aromatic rings. The van der Waals surface area contributed by atoms with Crippen molar-refractivity contribution in [1.29, 1.82) is 0 Å². The number of hydrogen-bond donors (Lipinski definition) is 2. The van der Waals surface area contributed by atoms with Gasteiger partial charge in [-0.25, -0.2) is 4.79 Å². The molecule has 1 aliphatic carbocycles. The van der Waals surface area contributed by atoms with Crippen LogP contribution in [0.25, 0.3) is 11.4 Å². The van der Waals surface area contributed by atoms with Crippen molar-refractivity contribution in [2.45, 2.75) is 51.0 Å². The van der Waals surface area contributed by atoms with Gasteiger partial charge in [0.15, 0.2) is 0 Å². The number of nitrogens with zero attached hydrogens (tertiary/aromatic N) is 2. The maximum absolute atomic E-state index is 12.3. The predicted molar refractivity (Wildman–Crippen MR) is 114 cm³/mol. The molecule has 3 unspecified atom stereocenters. The van der Waals surface area contributed by atoms with Gasteiger partial charge in [0, 0.05) is 12.0 Å². The highest BCUT2D eigenvalue weighted by Crippen LogP contribution is 2.44. The van der Waals surface area contributed by atoms with Gasteiger partial charge in [0.2, 0.25) is 11.7 Å². The van der Waals surface area contributed by atoms with Gasteiger partial charge in [-0.15, -0.1) is 0 Å². The van der Waals surface area contributed by atoms with Gasteiger partial charge in [-0.1, -0.05) is 48.5 Å². The average molecular weight is 416 g/mol. The highest BCUT2D eigenvalue weighted by atomic mass is 16.5. The number of urea groups is 1. The van der Waals surface area contributed by atoms with Crippen LogP contribution in [0.1, 0.15) is 60.2 Å². The Morgan fingerprint density at radius 1 is 1.19 bits per heavy atom. The molecule has 31 heavy (non-hydrogen) atoms. The molecule has 0 radical (unpaired) electrons. The number of imide groups is 1. The molecular weight excluding hydrogens is 392 g/mol. The van der Waals surface area contributed by atoms with Crippen molar-refractivity contribution >= 4 is 11.9 Å². The second kappa shape index (κ2) is 7.04. The maximum atomic E-state index is 12.3. The number of amides is 3. The number of fused-ring (bicyclic) bond motifs is 1. The van der Waals surface area contributed by atoms with Crippen LogP contribution in [0.3, 0.4) is 0 Å². The highest BCUT2D eigenvalue weighted by molar-refractivity contribution is 6.07. The van der Waals surface area contributed by atoms with Crippen molar-refractivity contribution in [3.8, 4) is 11.4 Å². The van der Waals surface area contributed by atoms with Crippen LogP contribution in [-0.4, -0.2) is 22.1 Å². The van der Waals surface area contributed by atoms with E-state index >= 15 is 0 Å². The Balaban J connectivity index is 1.40. The second-order valence-corrected chi connectivity index (χ2v) is 8.74. The summed E-state index contributed by atoms with van der Waals surface area (Å²) in [6, 6.07) is 13.3. The van der Waals surface area contributed by atoms with Gasteiger partial charge in [-0.3, -0.25) is 10.1 Å². The molecule has 158 valence electrons. The molecular formula is C24H24N4O3. The zero-order valence-electron chi connectivity index (χ0n) is 17.7. The SMILES string of the molecule is Cc1cccc2c1C(C)CC2Cc1nc(-c2cccc(C3(C)NC(=O)NC3=O)c2)no1. The molecule has 3 atom stereocenters. The van der Waals surface area contributed by atoms with Gasteiger partial charge in [0.1, 0.15) is 5.54 Å². The summed E-state index contributed by atoms with van der Waals surface area (Å²) in [6.45, 7) is 6.12. The lowest BCUT2D eigenvalue weighted by atomic mass is 9.91. The molecule has 1 aromatic heterocycles.